The Morgan fingerprint density at radius 1 is 1.24 bits per heavy atom. The zero-order chi connectivity index (χ0) is 15.5. The van der Waals surface area contributed by atoms with Crippen molar-refractivity contribution in [3.05, 3.63) is 34.3 Å². The lowest BCUT2D eigenvalue weighted by Gasteiger charge is -2.02. The average molecular weight is 313 g/mol. The lowest BCUT2D eigenvalue weighted by atomic mass is 10.2. The van der Waals surface area contributed by atoms with Crippen molar-refractivity contribution < 1.29 is 22.2 Å². The Bertz CT molecular complexity index is 802. The molecule has 1 aromatic carbocycles. The van der Waals surface area contributed by atoms with Crippen LogP contribution in [0, 0.1) is 0 Å². The topological polar surface area (TPSA) is 107 Å². The summed E-state index contributed by atoms with van der Waals surface area (Å²) >= 11 is 0. The lowest BCUT2D eigenvalue weighted by Crippen LogP contribution is -2.14. The Labute approximate surface area is 120 Å². The molecule has 2 rings (SSSR count). The summed E-state index contributed by atoms with van der Waals surface area (Å²) in [4.78, 5) is 22.4. The number of unbranched alkanes of at least 4 members (excludes halogenated alkanes) is 2. The van der Waals surface area contributed by atoms with Gasteiger partial charge in [0, 0.05) is 12.1 Å². The van der Waals surface area contributed by atoms with Crippen molar-refractivity contribution in [3.63, 3.8) is 0 Å². The second-order valence-corrected chi connectivity index (χ2v) is 6.28. The van der Waals surface area contributed by atoms with Gasteiger partial charge in [0.15, 0.2) is 5.58 Å². The first-order chi connectivity index (χ1) is 9.90. The number of oxazole rings is 1. The lowest BCUT2D eigenvalue weighted by molar-refractivity contribution is 0.112. The Kier molecular flexibility index (Phi) is 4.59. The fourth-order valence-corrected chi connectivity index (χ4v) is 2.67. The minimum absolute atomic E-state index is 0.281. The fourth-order valence-electron chi connectivity index (χ4n) is 2.10. The van der Waals surface area contributed by atoms with Crippen LogP contribution in [-0.4, -0.2) is 29.6 Å². The highest BCUT2D eigenvalue weighted by Crippen LogP contribution is 2.15. The summed E-state index contributed by atoms with van der Waals surface area (Å²) in [6.45, 7) is 0.387. The van der Waals surface area contributed by atoms with E-state index in [2.05, 4.69) is 0 Å². The van der Waals surface area contributed by atoms with Gasteiger partial charge in [0.05, 0.1) is 11.3 Å². The molecule has 21 heavy (non-hydrogen) atoms. The van der Waals surface area contributed by atoms with Gasteiger partial charge in [0.2, 0.25) is 0 Å². The number of aromatic nitrogens is 1. The van der Waals surface area contributed by atoms with E-state index in [0.717, 1.165) is 0 Å². The van der Waals surface area contributed by atoms with E-state index in [1.807, 2.05) is 0 Å². The normalized spacial score (nSPS) is 11.9. The van der Waals surface area contributed by atoms with Gasteiger partial charge in [-0.25, -0.2) is 4.79 Å². The number of nitrogens with zero attached hydrogens (tertiary/aromatic N) is 1. The van der Waals surface area contributed by atoms with Crippen LogP contribution in [0.5, 0.6) is 0 Å². The Morgan fingerprint density at radius 3 is 2.67 bits per heavy atom. The molecule has 0 fully saturated rings. The first-order valence-electron chi connectivity index (χ1n) is 6.44. The van der Waals surface area contributed by atoms with Crippen molar-refractivity contribution in [2.45, 2.75) is 25.8 Å². The van der Waals surface area contributed by atoms with E-state index in [0.29, 0.717) is 48.8 Å². The van der Waals surface area contributed by atoms with E-state index >= 15 is 0 Å². The molecule has 0 amide bonds. The molecule has 0 saturated heterocycles. The van der Waals surface area contributed by atoms with Crippen molar-refractivity contribution in [1.29, 1.82) is 0 Å². The average Bonchev–Trinajstić information content (AvgIpc) is 2.72. The van der Waals surface area contributed by atoms with Crippen LogP contribution < -0.4 is 5.76 Å². The summed E-state index contributed by atoms with van der Waals surface area (Å²) in [7, 11) is -3.93. The summed E-state index contributed by atoms with van der Waals surface area (Å²) in [5.74, 6) is -0.792. The molecule has 1 heterocycles. The number of rotatable bonds is 7. The fraction of sp³-hybridized carbons (Fsp3) is 0.385. The quantitative estimate of drug-likeness (QED) is 0.471. The molecule has 7 nitrogen and oxygen atoms in total. The zero-order valence-corrected chi connectivity index (χ0v) is 12.0. The van der Waals surface area contributed by atoms with Gasteiger partial charge in [0.25, 0.3) is 10.1 Å². The molecule has 0 unspecified atom stereocenters. The zero-order valence-electron chi connectivity index (χ0n) is 11.2. The van der Waals surface area contributed by atoms with Gasteiger partial charge in [-0.1, -0.05) is 6.42 Å². The number of carbonyl (C=O) groups excluding carboxylic acids is 1. The van der Waals surface area contributed by atoms with Crippen molar-refractivity contribution in [1.82, 2.24) is 4.57 Å². The number of carbonyl (C=O) groups is 1. The van der Waals surface area contributed by atoms with Gasteiger partial charge < -0.3 is 4.42 Å². The van der Waals surface area contributed by atoms with Gasteiger partial charge in [-0.15, -0.1) is 0 Å². The first kappa shape index (κ1) is 15.5. The summed E-state index contributed by atoms with van der Waals surface area (Å²) in [6.07, 6.45) is 2.15. The summed E-state index contributed by atoms with van der Waals surface area (Å²) in [5.41, 5.74) is 1.37. The highest BCUT2D eigenvalue weighted by atomic mass is 32.2. The smallest absolute Gasteiger partial charge is 0.408 e. The Morgan fingerprint density at radius 2 is 2.00 bits per heavy atom. The third-order valence-electron chi connectivity index (χ3n) is 3.11. The molecule has 0 aliphatic carbocycles. The van der Waals surface area contributed by atoms with Crippen LogP contribution in [0.2, 0.25) is 0 Å². The van der Waals surface area contributed by atoms with E-state index in [9.17, 15) is 18.0 Å². The van der Waals surface area contributed by atoms with Crippen LogP contribution in [0.4, 0.5) is 0 Å². The SMILES string of the molecule is O=Cc1ccc2c(c1)oc(=O)n2CCCCCS(=O)(=O)O. The second kappa shape index (κ2) is 6.23. The van der Waals surface area contributed by atoms with Gasteiger partial charge >= 0.3 is 5.76 Å². The third-order valence-corrected chi connectivity index (χ3v) is 3.92. The van der Waals surface area contributed by atoms with Crippen LogP contribution in [0.3, 0.4) is 0 Å². The second-order valence-electron chi connectivity index (χ2n) is 4.71. The summed E-state index contributed by atoms with van der Waals surface area (Å²) in [5, 5.41) is 0. The van der Waals surface area contributed by atoms with Crippen molar-refractivity contribution in [2.75, 3.05) is 5.75 Å². The molecule has 0 atom stereocenters. The molecule has 0 saturated carbocycles. The van der Waals surface area contributed by atoms with E-state index in [4.69, 9.17) is 8.97 Å². The van der Waals surface area contributed by atoms with Crippen LogP contribution in [-0.2, 0) is 16.7 Å². The summed E-state index contributed by atoms with van der Waals surface area (Å²) < 4.78 is 36.3. The summed E-state index contributed by atoms with van der Waals surface area (Å²) in [6, 6.07) is 4.74. The monoisotopic (exact) mass is 313 g/mol. The maximum Gasteiger partial charge on any atom is 0.419 e. The highest BCUT2D eigenvalue weighted by molar-refractivity contribution is 7.85. The van der Waals surface area contributed by atoms with Crippen LogP contribution in [0.25, 0.3) is 11.1 Å². The third kappa shape index (κ3) is 4.02. The van der Waals surface area contributed by atoms with Crippen molar-refractivity contribution in [3.8, 4) is 0 Å². The van der Waals surface area contributed by atoms with Gasteiger partial charge in [-0.3, -0.25) is 13.9 Å². The molecule has 8 heteroatoms. The number of fused-ring (bicyclic) bond motifs is 1. The van der Waals surface area contributed by atoms with Gasteiger partial charge in [0.1, 0.15) is 6.29 Å². The predicted molar refractivity (Wildman–Crippen MR) is 76.1 cm³/mol. The highest BCUT2D eigenvalue weighted by Gasteiger charge is 2.10. The number of hydrogen-bond donors (Lipinski definition) is 1. The molecule has 114 valence electrons. The van der Waals surface area contributed by atoms with Crippen LogP contribution in [0.15, 0.2) is 27.4 Å². The molecule has 0 aliphatic rings. The number of aldehydes is 1. The minimum atomic E-state index is -3.93. The van der Waals surface area contributed by atoms with E-state index in [1.54, 1.807) is 12.1 Å². The standard InChI is InChI=1S/C13H15NO6S/c15-9-10-4-5-11-12(8-10)20-13(16)14(11)6-2-1-3-7-21(17,18)19/h4-5,8-9H,1-3,6-7H2,(H,17,18,19). The van der Waals surface area contributed by atoms with Gasteiger partial charge in [-0.05, 0) is 31.0 Å². The molecular formula is C13H15NO6S. The maximum absolute atomic E-state index is 11.7. The maximum atomic E-state index is 11.7. The largest absolute Gasteiger partial charge is 0.419 e. The minimum Gasteiger partial charge on any atom is -0.408 e. The Balaban J connectivity index is 2.04. The van der Waals surface area contributed by atoms with E-state index in [1.165, 1.54) is 10.6 Å². The predicted octanol–water partition coefficient (Wildman–Crippen LogP) is 1.47. The number of hydrogen-bond acceptors (Lipinski definition) is 5. The van der Waals surface area contributed by atoms with Crippen molar-refractivity contribution in [2.24, 2.45) is 0 Å². The van der Waals surface area contributed by atoms with Crippen LogP contribution >= 0.6 is 0 Å². The first-order valence-corrected chi connectivity index (χ1v) is 8.05. The molecule has 0 bridgehead atoms. The Hall–Kier alpha value is -1.93. The molecule has 1 N–H and O–H groups in total. The van der Waals surface area contributed by atoms with Crippen LogP contribution in [0.1, 0.15) is 29.6 Å². The molecule has 2 aromatic rings. The van der Waals surface area contributed by atoms with Crippen molar-refractivity contribution >= 4 is 27.5 Å². The van der Waals surface area contributed by atoms with E-state index in [-0.39, 0.29) is 5.75 Å². The molecule has 0 spiro atoms. The number of benzene rings is 1. The molecule has 0 radical (unpaired) electrons. The van der Waals surface area contributed by atoms with E-state index < -0.39 is 15.9 Å². The van der Waals surface area contributed by atoms with Gasteiger partial charge in [-0.2, -0.15) is 8.42 Å². The number of aryl methyl sites for hydroxylation is 1. The molecule has 1 aromatic heterocycles. The molecule has 0 aliphatic heterocycles. The molecular weight excluding hydrogens is 298 g/mol.